The smallest absolute Gasteiger partial charge is 0.410 e. The molecule has 0 aliphatic carbocycles. The Kier molecular flexibility index (Phi) is 18.3. The van der Waals surface area contributed by atoms with Crippen LogP contribution in [0, 0.1) is 11.3 Å². The number of hydrogen-bond acceptors (Lipinski definition) is 12. The van der Waals surface area contributed by atoms with Gasteiger partial charge in [-0.15, -0.1) is 0 Å². The highest BCUT2D eigenvalue weighted by atomic mass is 79.9. The third-order valence-electron chi connectivity index (χ3n) is 10.2. The van der Waals surface area contributed by atoms with Crippen molar-refractivity contribution in [3.8, 4) is 17.8 Å². The number of nitriles is 1. The number of piperazine rings is 1. The number of likely N-dealkylation sites (tertiary alicyclic amines) is 1. The van der Waals surface area contributed by atoms with E-state index < -0.39 is 5.60 Å². The van der Waals surface area contributed by atoms with Crippen LogP contribution in [0.25, 0.3) is 10.8 Å². The summed E-state index contributed by atoms with van der Waals surface area (Å²) in [6.07, 6.45) is 5.09. The number of rotatable bonds is 12. The zero-order chi connectivity index (χ0) is 43.9. The highest BCUT2D eigenvalue weighted by molar-refractivity contribution is 9.11. The van der Waals surface area contributed by atoms with E-state index in [0.717, 1.165) is 86.3 Å². The Morgan fingerprint density at radius 2 is 1.61 bits per heavy atom. The summed E-state index contributed by atoms with van der Waals surface area (Å²) < 4.78 is 23.9. The fraction of sp³-hybridized carbons (Fsp3) is 0.489. The number of aromatic nitrogens is 2. The maximum Gasteiger partial charge on any atom is 0.410 e. The minimum Gasteiger partial charge on any atom is -0.489 e. The lowest BCUT2D eigenvalue weighted by Gasteiger charge is -2.38. The lowest BCUT2D eigenvalue weighted by Crippen LogP contribution is -2.50. The largest absolute Gasteiger partial charge is 0.489 e. The van der Waals surface area contributed by atoms with Gasteiger partial charge in [0.25, 0.3) is 0 Å². The van der Waals surface area contributed by atoms with Crippen LogP contribution in [0.1, 0.15) is 68.6 Å². The maximum absolute atomic E-state index is 12.5. The SMILES string of the molecule is CC#N.COc1nc2c(c(N3CCN(C(=O)OC(C)(C)C)CC3)n1)CCN(c1cccc3cccc(Cl)c13)C2.O=Cc1cc(Br)c(OCCOCCCN2CCCC2)c(Br)c1. The van der Waals surface area contributed by atoms with Gasteiger partial charge >= 0.3 is 12.1 Å². The molecule has 4 heterocycles. The van der Waals surface area contributed by atoms with Gasteiger partial charge in [0.2, 0.25) is 0 Å². The van der Waals surface area contributed by atoms with Crippen molar-refractivity contribution in [3.05, 3.63) is 79.3 Å². The van der Waals surface area contributed by atoms with Gasteiger partial charge in [-0.1, -0.05) is 35.9 Å². The summed E-state index contributed by atoms with van der Waals surface area (Å²) in [5.74, 6) is 1.60. The first-order chi connectivity index (χ1) is 29.3. The number of carbonyl (C=O) groups is 2. The third-order valence-corrected chi connectivity index (χ3v) is 11.7. The van der Waals surface area contributed by atoms with Crippen molar-refractivity contribution in [2.75, 3.05) is 89.1 Å². The number of nitrogens with zero attached hydrogens (tertiary/aromatic N) is 7. The van der Waals surface area contributed by atoms with E-state index in [9.17, 15) is 9.59 Å². The van der Waals surface area contributed by atoms with E-state index >= 15 is 0 Å². The van der Waals surface area contributed by atoms with Gasteiger partial charge in [0.15, 0.2) is 0 Å². The number of hydrogen-bond donors (Lipinski definition) is 0. The predicted molar refractivity (Wildman–Crippen MR) is 247 cm³/mol. The van der Waals surface area contributed by atoms with Gasteiger partial charge in [-0.25, -0.2) is 4.79 Å². The standard InChI is InChI=1S/C27H32ClN5O3.C16H21Br2NO3.C2H3N/c1-27(2,3)36-26(34)32-15-13-31(14-16-32)24-19-11-12-33(17-21(19)29-25(30-24)35-4)22-10-6-8-18-7-5-9-20(28)23(18)22;17-14-10-13(12-20)11-15(18)16(14)22-9-8-21-7-3-6-19-4-1-2-5-19;1-2-3/h5-10H,11-17H2,1-4H3;10-12H,1-9H2;1H3. The molecule has 2 fully saturated rings. The number of fused-ring (bicyclic) bond motifs is 2. The van der Waals surface area contributed by atoms with Crippen LogP contribution >= 0.6 is 43.5 Å². The van der Waals surface area contributed by atoms with E-state index in [0.29, 0.717) is 63.3 Å². The molecule has 0 unspecified atom stereocenters. The number of carbonyl (C=O) groups excluding carboxylic acids is 2. The van der Waals surface area contributed by atoms with Crippen LogP contribution in [0.3, 0.4) is 0 Å². The first kappa shape index (κ1) is 47.8. The average Bonchev–Trinajstić information content (AvgIpc) is 3.77. The van der Waals surface area contributed by atoms with E-state index in [1.807, 2.05) is 32.9 Å². The second kappa shape index (κ2) is 23.3. The number of anilines is 2. The number of aldehydes is 1. The van der Waals surface area contributed by atoms with Crippen molar-refractivity contribution < 1.29 is 28.5 Å². The summed E-state index contributed by atoms with van der Waals surface area (Å²) in [5.41, 5.74) is 3.30. The number of halogens is 3. The van der Waals surface area contributed by atoms with Crippen molar-refractivity contribution in [2.45, 2.75) is 65.5 Å². The normalized spacial score (nSPS) is 15.2. The molecule has 4 aromatic rings. The quantitative estimate of drug-likeness (QED) is 0.0990. The van der Waals surface area contributed by atoms with Crippen LogP contribution in [-0.4, -0.2) is 117 Å². The lowest BCUT2D eigenvalue weighted by atomic mass is 10.0. The molecule has 16 heteroatoms. The molecule has 61 heavy (non-hydrogen) atoms. The second-order valence-corrected chi connectivity index (χ2v) is 17.8. The maximum atomic E-state index is 12.5. The number of benzene rings is 3. The monoisotopic (exact) mass is 983 g/mol. The minimum atomic E-state index is -0.506. The Morgan fingerprint density at radius 1 is 0.934 bits per heavy atom. The number of methoxy groups -OCH3 is 1. The Bertz CT molecular complexity index is 2110. The Hall–Kier alpha value is -4.20. The second-order valence-electron chi connectivity index (χ2n) is 15.7. The molecule has 3 aliphatic rings. The summed E-state index contributed by atoms with van der Waals surface area (Å²) in [7, 11) is 1.59. The summed E-state index contributed by atoms with van der Waals surface area (Å²) in [5, 5.41) is 10.2. The van der Waals surface area contributed by atoms with E-state index in [2.05, 4.69) is 70.8 Å². The highest BCUT2D eigenvalue weighted by Crippen LogP contribution is 2.37. The van der Waals surface area contributed by atoms with Crippen LogP contribution in [0.5, 0.6) is 11.8 Å². The molecular weight excluding hydrogens is 930 g/mol. The Morgan fingerprint density at radius 3 is 2.25 bits per heavy atom. The molecule has 0 saturated carbocycles. The van der Waals surface area contributed by atoms with Gasteiger partial charge in [0.1, 0.15) is 30.1 Å². The average molecular weight is 986 g/mol. The molecule has 3 aromatic carbocycles. The topological polar surface area (TPSA) is 134 Å². The Labute approximate surface area is 381 Å². The number of ether oxygens (including phenoxy) is 4. The molecule has 1 aromatic heterocycles. The summed E-state index contributed by atoms with van der Waals surface area (Å²) in [4.78, 5) is 41.6. The van der Waals surface area contributed by atoms with E-state index in [1.54, 1.807) is 30.2 Å². The fourth-order valence-corrected chi connectivity index (χ4v) is 9.13. The van der Waals surface area contributed by atoms with Crippen LogP contribution in [0.4, 0.5) is 16.3 Å². The summed E-state index contributed by atoms with van der Waals surface area (Å²) in [6.45, 7) is 16.5. The molecule has 0 radical (unpaired) electrons. The molecular formula is C45H56Br2ClN7O6. The number of amides is 1. The van der Waals surface area contributed by atoms with E-state index in [-0.39, 0.29) is 6.09 Å². The van der Waals surface area contributed by atoms with Crippen molar-refractivity contribution in [1.29, 1.82) is 5.26 Å². The first-order valence-electron chi connectivity index (χ1n) is 20.6. The highest BCUT2D eigenvalue weighted by Gasteiger charge is 2.31. The van der Waals surface area contributed by atoms with E-state index in [1.165, 1.54) is 32.9 Å². The first-order valence-corrected chi connectivity index (χ1v) is 22.6. The molecule has 2 saturated heterocycles. The molecule has 0 atom stereocenters. The van der Waals surface area contributed by atoms with E-state index in [4.69, 9.17) is 45.8 Å². The van der Waals surface area contributed by atoms with Gasteiger partial charge in [-0.2, -0.15) is 15.2 Å². The summed E-state index contributed by atoms with van der Waals surface area (Å²) >= 11 is 13.4. The van der Waals surface area contributed by atoms with Gasteiger partial charge in [0.05, 0.1) is 46.0 Å². The molecule has 13 nitrogen and oxygen atoms in total. The molecule has 7 rings (SSSR count). The minimum absolute atomic E-state index is 0.270. The van der Waals surface area contributed by atoms with Crippen LogP contribution in [0.2, 0.25) is 5.02 Å². The Balaban J connectivity index is 0.000000241. The third kappa shape index (κ3) is 13.6. The molecule has 0 N–H and O–H groups in total. The molecule has 3 aliphatic heterocycles. The molecule has 0 spiro atoms. The molecule has 0 bridgehead atoms. The molecule has 328 valence electrons. The predicted octanol–water partition coefficient (Wildman–Crippen LogP) is 9.35. The van der Waals surface area contributed by atoms with Crippen LogP contribution in [0.15, 0.2) is 57.5 Å². The van der Waals surface area contributed by atoms with Crippen molar-refractivity contribution in [1.82, 2.24) is 19.8 Å². The van der Waals surface area contributed by atoms with Crippen LogP contribution in [-0.2, 0) is 22.4 Å². The zero-order valence-electron chi connectivity index (χ0n) is 35.7. The van der Waals surface area contributed by atoms with Gasteiger partial charge < -0.3 is 38.5 Å². The molecule has 1 amide bonds. The van der Waals surface area contributed by atoms with Gasteiger partial charge in [-0.3, -0.25) is 4.79 Å². The van der Waals surface area contributed by atoms with Gasteiger partial charge in [0, 0.05) is 75.0 Å². The summed E-state index contributed by atoms with van der Waals surface area (Å²) in [6, 6.07) is 17.9. The lowest BCUT2D eigenvalue weighted by molar-refractivity contribution is 0.0240. The van der Waals surface area contributed by atoms with Gasteiger partial charge in [-0.05, 0) is 121 Å². The van der Waals surface area contributed by atoms with Crippen molar-refractivity contribution in [2.24, 2.45) is 0 Å². The van der Waals surface area contributed by atoms with Crippen molar-refractivity contribution in [3.63, 3.8) is 0 Å². The fourth-order valence-electron chi connectivity index (χ4n) is 7.40. The van der Waals surface area contributed by atoms with Crippen LogP contribution < -0.4 is 19.3 Å². The zero-order valence-corrected chi connectivity index (χ0v) is 39.7. The van der Waals surface area contributed by atoms with Crippen molar-refractivity contribution >= 4 is 78.1 Å².